The van der Waals surface area contributed by atoms with Gasteiger partial charge in [0.1, 0.15) is 17.2 Å². The van der Waals surface area contributed by atoms with Crippen LogP contribution in [0, 0.1) is 16.6 Å². The van der Waals surface area contributed by atoms with Crippen LogP contribution in [-0.4, -0.2) is 11.4 Å². The first kappa shape index (κ1) is 17.0. The standard InChI is InChI=1S/C20H20FN3O/c1-11(23)19(12(2)24)14-7-15-8-17(10-22)25-20(15)18(9-14)13-3-5-16(21)6-4-13/h3-9,19,23-24H,10,22H2,1-2H3. The maximum absolute atomic E-state index is 13.3. The van der Waals surface area contributed by atoms with Gasteiger partial charge in [-0.1, -0.05) is 12.1 Å². The molecule has 5 heteroatoms. The molecule has 3 aromatic rings. The van der Waals surface area contributed by atoms with E-state index < -0.39 is 0 Å². The molecule has 128 valence electrons. The normalized spacial score (nSPS) is 12.3. The molecule has 4 N–H and O–H groups in total. The van der Waals surface area contributed by atoms with Crippen molar-refractivity contribution in [3.8, 4) is 11.1 Å². The number of fused-ring (bicyclic) bond motifs is 1. The van der Waals surface area contributed by atoms with E-state index in [1.54, 1.807) is 26.0 Å². The highest BCUT2D eigenvalue weighted by Crippen LogP contribution is 2.35. The highest BCUT2D eigenvalue weighted by molar-refractivity contribution is 6.09. The topological polar surface area (TPSA) is 86.9 Å². The average molecular weight is 337 g/mol. The van der Waals surface area contributed by atoms with Crippen molar-refractivity contribution < 1.29 is 8.81 Å². The molecule has 1 heterocycles. The minimum atomic E-state index is -0.389. The zero-order valence-electron chi connectivity index (χ0n) is 14.2. The van der Waals surface area contributed by atoms with Gasteiger partial charge in [0.25, 0.3) is 0 Å². The third-order valence-corrected chi connectivity index (χ3v) is 4.25. The van der Waals surface area contributed by atoms with E-state index in [1.165, 1.54) is 12.1 Å². The first-order valence-electron chi connectivity index (χ1n) is 8.03. The van der Waals surface area contributed by atoms with Gasteiger partial charge in [-0.2, -0.15) is 0 Å². The Hall–Kier alpha value is -2.79. The van der Waals surface area contributed by atoms with Crippen LogP contribution in [0.15, 0.2) is 46.9 Å². The molecule has 25 heavy (non-hydrogen) atoms. The van der Waals surface area contributed by atoms with Gasteiger partial charge in [0.2, 0.25) is 0 Å². The molecular weight excluding hydrogens is 317 g/mol. The minimum absolute atomic E-state index is 0.281. The summed E-state index contributed by atoms with van der Waals surface area (Å²) < 4.78 is 19.2. The molecule has 0 atom stereocenters. The Morgan fingerprint density at radius 1 is 1.08 bits per heavy atom. The van der Waals surface area contributed by atoms with Crippen molar-refractivity contribution in [1.82, 2.24) is 0 Å². The molecular formula is C20H20FN3O. The lowest BCUT2D eigenvalue weighted by molar-refractivity contribution is 0.553. The SMILES string of the molecule is CC(=N)C(C(C)=N)c1cc(-c2ccc(F)cc2)c2oc(CN)cc2c1. The smallest absolute Gasteiger partial charge is 0.142 e. The quantitative estimate of drug-likeness (QED) is 0.581. The van der Waals surface area contributed by atoms with Crippen molar-refractivity contribution in [2.45, 2.75) is 26.3 Å². The van der Waals surface area contributed by atoms with Crippen LogP contribution in [0.5, 0.6) is 0 Å². The highest BCUT2D eigenvalue weighted by Gasteiger charge is 2.20. The van der Waals surface area contributed by atoms with E-state index in [1.807, 2.05) is 18.2 Å². The minimum Gasteiger partial charge on any atom is -0.459 e. The van der Waals surface area contributed by atoms with Crippen molar-refractivity contribution in [3.05, 3.63) is 59.6 Å². The van der Waals surface area contributed by atoms with E-state index in [9.17, 15) is 4.39 Å². The number of hydrogen-bond donors (Lipinski definition) is 3. The van der Waals surface area contributed by atoms with Crippen molar-refractivity contribution >= 4 is 22.4 Å². The van der Waals surface area contributed by atoms with E-state index >= 15 is 0 Å². The number of hydrogen-bond acceptors (Lipinski definition) is 4. The molecule has 0 saturated heterocycles. The number of nitrogens with one attached hydrogen (secondary N) is 2. The van der Waals surface area contributed by atoms with Crippen LogP contribution in [0.3, 0.4) is 0 Å². The Kier molecular flexibility index (Phi) is 4.51. The molecule has 0 radical (unpaired) electrons. The van der Waals surface area contributed by atoms with Gasteiger partial charge in [-0.15, -0.1) is 0 Å². The number of benzene rings is 2. The number of nitrogens with two attached hydrogens (primary N) is 1. The maximum atomic E-state index is 13.3. The van der Waals surface area contributed by atoms with E-state index in [0.717, 1.165) is 22.1 Å². The predicted molar refractivity (Wildman–Crippen MR) is 99.0 cm³/mol. The Morgan fingerprint density at radius 2 is 1.72 bits per heavy atom. The Bertz CT molecular complexity index is 943. The van der Waals surface area contributed by atoms with Gasteiger partial charge in [-0.25, -0.2) is 4.39 Å². The molecule has 0 amide bonds. The van der Waals surface area contributed by atoms with E-state index in [0.29, 0.717) is 22.8 Å². The molecule has 2 aromatic carbocycles. The highest BCUT2D eigenvalue weighted by atomic mass is 19.1. The van der Waals surface area contributed by atoms with Crippen LogP contribution in [0.25, 0.3) is 22.1 Å². The van der Waals surface area contributed by atoms with Gasteiger partial charge in [-0.05, 0) is 55.3 Å². The number of rotatable bonds is 5. The van der Waals surface area contributed by atoms with Crippen molar-refractivity contribution in [2.24, 2.45) is 5.73 Å². The zero-order chi connectivity index (χ0) is 18.1. The second-order valence-electron chi connectivity index (χ2n) is 6.21. The summed E-state index contributed by atoms with van der Waals surface area (Å²) in [5.74, 6) is -0.0353. The van der Waals surface area contributed by atoms with Crippen LogP contribution >= 0.6 is 0 Å². The van der Waals surface area contributed by atoms with Crippen LogP contribution in [0.2, 0.25) is 0 Å². The molecule has 0 aliphatic rings. The first-order chi connectivity index (χ1) is 11.9. The molecule has 0 spiro atoms. The van der Waals surface area contributed by atoms with Gasteiger partial charge < -0.3 is 21.0 Å². The summed E-state index contributed by atoms with van der Waals surface area (Å²) in [6.07, 6.45) is 0. The molecule has 0 bridgehead atoms. The Labute approximate surface area is 145 Å². The third kappa shape index (κ3) is 3.23. The summed E-state index contributed by atoms with van der Waals surface area (Å²) in [6.45, 7) is 3.68. The number of halogens is 1. The molecule has 4 nitrogen and oxygen atoms in total. The largest absolute Gasteiger partial charge is 0.459 e. The summed E-state index contributed by atoms with van der Waals surface area (Å²) in [4.78, 5) is 0. The molecule has 3 rings (SSSR count). The summed E-state index contributed by atoms with van der Waals surface area (Å²) in [6, 6.07) is 11.9. The van der Waals surface area contributed by atoms with Crippen molar-refractivity contribution in [1.29, 1.82) is 10.8 Å². The molecule has 0 fully saturated rings. The number of furan rings is 1. The lowest BCUT2D eigenvalue weighted by atomic mass is 9.88. The zero-order valence-corrected chi connectivity index (χ0v) is 14.2. The summed E-state index contributed by atoms with van der Waals surface area (Å²) in [7, 11) is 0. The first-order valence-corrected chi connectivity index (χ1v) is 8.03. The lowest BCUT2D eigenvalue weighted by Crippen LogP contribution is -2.16. The molecule has 0 aliphatic carbocycles. The molecule has 0 unspecified atom stereocenters. The third-order valence-electron chi connectivity index (χ3n) is 4.25. The summed E-state index contributed by atoms with van der Waals surface area (Å²) in [5.41, 5.74) is 9.65. The van der Waals surface area contributed by atoms with Crippen LogP contribution in [-0.2, 0) is 6.54 Å². The van der Waals surface area contributed by atoms with Gasteiger partial charge >= 0.3 is 0 Å². The predicted octanol–water partition coefficient (Wildman–Crippen LogP) is 4.86. The summed E-state index contributed by atoms with van der Waals surface area (Å²) in [5, 5.41) is 16.9. The van der Waals surface area contributed by atoms with Gasteiger partial charge in [0, 0.05) is 22.4 Å². The Morgan fingerprint density at radius 3 is 2.28 bits per heavy atom. The van der Waals surface area contributed by atoms with E-state index in [4.69, 9.17) is 21.0 Å². The van der Waals surface area contributed by atoms with Crippen LogP contribution < -0.4 is 5.73 Å². The molecule has 0 aliphatic heterocycles. The maximum Gasteiger partial charge on any atom is 0.142 e. The summed E-state index contributed by atoms with van der Waals surface area (Å²) >= 11 is 0. The fraction of sp³-hybridized carbons (Fsp3) is 0.200. The van der Waals surface area contributed by atoms with Gasteiger partial charge in [0.15, 0.2) is 0 Å². The molecule has 0 saturated carbocycles. The van der Waals surface area contributed by atoms with Crippen molar-refractivity contribution in [3.63, 3.8) is 0 Å². The molecule has 1 aromatic heterocycles. The van der Waals surface area contributed by atoms with Gasteiger partial charge in [-0.3, -0.25) is 0 Å². The van der Waals surface area contributed by atoms with Crippen LogP contribution in [0.4, 0.5) is 4.39 Å². The fourth-order valence-electron chi connectivity index (χ4n) is 3.17. The second kappa shape index (κ2) is 6.61. The van der Waals surface area contributed by atoms with E-state index in [-0.39, 0.29) is 18.3 Å². The van der Waals surface area contributed by atoms with Crippen LogP contribution in [0.1, 0.15) is 31.1 Å². The monoisotopic (exact) mass is 337 g/mol. The second-order valence-corrected chi connectivity index (χ2v) is 6.21. The van der Waals surface area contributed by atoms with Crippen molar-refractivity contribution in [2.75, 3.05) is 0 Å². The Balaban J connectivity index is 2.29. The average Bonchev–Trinajstić information content (AvgIpc) is 2.97. The fourth-order valence-corrected chi connectivity index (χ4v) is 3.17. The lowest BCUT2D eigenvalue weighted by Gasteiger charge is -2.17. The van der Waals surface area contributed by atoms with Gasteiger partial charge in [0.05, 0.1) is 12.5 Å². The van der Waals surface area contributed by atoms with E-state index in [2.05, 4.69) is 0 Å².